The first-order valence-electron chi connectivity index (χ1n) is 5.33. The largest absolute Gasteiger partial charge is 0.316 e. The van der Waals surface area contributed by atoms with Crippen LogP contribution in [0.15, 0.2) is 11.4 Å². The highest BCUT2D eigenvalue weighted by molar-refractivity contribution is 7.03. The Morgan fingerprint density at radius 1 is 1.67 bits per heavy atom. The third-order valence-electron chi connectivity index (χ3n) is 3.42. The van der Waals surface area contributed by atoms with Gasteiger partial charge >= 0.3 is 0 Å². The van der Waals surface area contributed by atoms with E-state index in [1.54, 1.807) is 0 Å². The molecule has 0 amide bonds. The predicted octanol–water partition coefficient (Wildman–Crippen LogP) is 1.96. The van der Waals surface area contributed by atoms with E-state index in [0.29, 0.717) is 11.6 Å². The average Bonchev–Trinajstić information content (AvgIpc) is 2.89. The molecule has 1 unspecified atom stereocenters. The molecule has 1 aromatic rings. The first-order chi connectivity index (χ1) is 7.17. The average molecular weight is 224 g/mol. The van der Waals surface area contributed by atoms with E-state index >= 15 is 0 Å². The van der Waals surface area contributed by atoms with Crippen molar-refractivity contribution in [2.75, 3.05) is 13.1 Å². The lowest BCUT2D eigenvalue weighted by molar-refractivity contribution is 0.0735. The van der Waals surface area contributed by atoms with Crippen LogP contribution in [0.5, 0.6) is 0 Å². The molecule has 82 valence electrons. The molecule has 4 heteroatoms. The highest BCUT2D eigenvalue weighted by Gasteiger charge is 2.44. The maximum absolute atomic E-state index is 12.4. The van der Waals surface area contributed by atoms with Gasteiger partial charge in [0.05, 0.1) is 5.41 Å². The van der Waals surface area contributed by atoms with Crippen LogP contribution in [0.4, 0.5) is 0 Å². The Balaban J connectivity index is 2.30. The van der Waals surface area contributed by atoms with Crippen molar-refractivity contribution in [2.24, 2.45) is 11.3 Å². The van der Waals surface area contributed by atoms with Crippen LogP contribution in [-0.4, -0.2) is 23.2 Å². The maximum Gasteiger partial charge on any atom is 0.189 e. The summed E-state index contributed by atoms with van der Waals surface area (Å²) in [4.78, 5) is 12.4. The summed E-state index contributed by atoms with van der Waals surface area (Å²) in [5.74, 6) is 0.574. The Hall–Kier alpha value is -0.740. The number of Topliss-reactive ketones (excluding diaryl/α,β-unsaturated/α-hetero) is 1. The molecule has 2 heterocycles. The molecule has 0 spiro atoms. The van der Waals surface area contributed by atoms with E-state index in [-0.39, 0.29) is 11.2 Å². The smallest absolute Gasteiger partial charge is 0.189 e. The molecule has 1 atom stereocenters. The van der Waals surface area contributed by atoms with Gasteiger partial charge in [-0.15, -0.1) is 0 Å². The number of rotatable bonds is 3. The van der Waals surface area contributed by atoms with Crippen molar-refractivity contribution in [3.8, 4) is 0 Å². The number of carbonyl (C=O) groups is 1. The second kappa shape index (κ2) is 4.02. The van der Waals surface area contributed by atoms with Crippen LogP contribution in [0.2, 0.25) is 0 Å². The monoisotopic (exact) mass is 224 g/mol. The summed E-state index contributed by atoms with van der Waals surface area (Å²) in [6, 6.07) is 1.83. The summed E-state index contributed by atoms with van der Waals surface area (Å²) < 4.78 is 4.15. The van der Waals surface area contributed by atoms with Gasteiger partial charge in [-0.2, -0.15) is 4.37 Å². The fourth-order valence-corrected chi connectivity index (χ4v) is 2.75. The molecule has 3 nitrogen and oxygen atoms in total. The molecule has 0 saturated carbocycles. The van der Waals surface area contributed by atoms with Crippen LogP contribution in [0, 0.1) is 11.3 Å². The van der Waals surface area contributed by atoms with Crippen molar-refractivity contribution >= 4 is 17.3 Å². The van der Waals surface area contributed by atoms with Crippen LogP contribution in [0.3, 0.4) is 0 Å². The molecule has 1 saturated heterocycles. The Kier molecular flexibility index (Phi) is 2.89. The molecule has 1 aromatic heterocycles. The van der Waals surface area contributed by atoms with Gasteiger partial charge in [0.15, 0.2) is 5.78 Å². The highest BCUT2D eigenvalue weighted by Crippen LogP contribution is 2.37. The Morgan fingerprint density at radius 2 is 2.47 bits per heavy atom. The molecule has 0 aliphatic carbocycles. The minimum absolute atomic E-state index is 0.212. The van der Waals surface area contributed by atoms with E-state index in [1.807, 2.05) is 11.4 Å². The molecule has 0 aromatic carbocycles. The Labute approximate surface area is 94.1 Å². The standard InChI is InChI=1S/C11H16N2OS/c1-8(2)11(4-5-12-7-11)10(14)9-3-6-15-13-9/h3,6,8,12H,4-5,7H2,1-2H3. The molecule has 0 radical (unpaired) electrons. The zero-order valence-corrected chi connectivity index (χ0v) is 9.93. The van der Waals surface area contributed by atoms with Gasteiger partial charge in [-0.1, -0.05) is 13.8 Å². The molecule has 1 aliphatic rings. The molecular weight excluding hydrogens is 208 g/mol. The normalized spacial score (nSPS) is 26.1. The SMILES string of the molecule is CC(C)C1(C(=O)c2ccsn2)CCNC1. The summed E-state index contributed by atoms with van der Waals surface area (Å²) in [6.07, 6.45) is 0.932. The van der Waals surface area contributed by atoms with Crippen molar-refractivity contribution in [1.82, 2.24) is 9.69 Å². The first kappa shape index (κ1) is 10.8. The molecule has 0 bridgehead atoms. The van der Waals surface area contributed by atoms with Gasteiger partial charge in [0.1, 0.15) is 5.69 Å². The lowest BCUT2D eigenvalue weighted by Crippen LogP contribution is -2.38. The van der Waals surface area contributed by atoms with Crippen LogP contribution in [0.25, 0.3) is 0 Å². The van der Waals surface area contributed by atoms with E-state index in [0.717, 1.165) is 19.5 Å². The predicted molar refractivity (Wildman–Crippen MR) is 61.2 cm³/mol. The molecule has 1 fully saturated rings. The highest BCUT2D eigenvalue weighted by atomic mass is 32.1. The van der Waals surface area contributed by atoms with Crippen LogP contribution in [-0.2, 0) is 0 Å². The number of nitrogens with one attached hydrogen (secondary N) is 1. The van der Waals surface area contributed by atoms with E-state index in [2.05, 4.69) is 23.5 Å². The number of hydrogen-bond acceptors (Lipinski definition) is 4. The Morgan fingerprint density at radius 3 is 2.93 bits per heavy atom. The quantitative estimate of drug-likeness (QED) is 0.798. The number of ketones is 1. The van der Waals surface area contributed by atoms with E-state index in [9.17, 15) is 4.79 Å². The fraction of sp³-hybridized carbons (Fsp3) is 0.636. The zero-order chi connectivity index (χ0) is 10.9. The summed E-state index contributed by atoms with van der Waals surface area (Å²) in [7, 11) is 0. The summed E-state index contributed by atoms with van der Waals surface area (Å²) in [5, 5.41) is 5.16. The minimum atomic E-state index is -0.228. The summed E-state index contributed by atoms with van der Waals surface area (Å²) >= 11 is 1.35. The van der Waals surface area contributed by atoms with Crippen molar-refractivity contribution in [1.29, 1.82) is 0 Å². The van der Waals surface area contributed by atoms with Gasteiger partial charge in [-0.25, -0.2) is 0 Å². The second-order valence-corrected chi connectivity index (χ2v) is 5.12. The second-order valence-electron chi connectivity index (χ2n) is 4.45. The van der Waals surface area contributed by atoms with E-state index in [4.69, 9.17) is 0 Å². The van der Waals surface area contributed by atoms with Gasteiger partial charge in [-0.3, -0.25) is 4.79 Å². The van der Waals surface area contributed by atoms with Gasteiger partial charge in [0.2, 0.25) is 0 Å². The third-order valence-corrected chi connectivity index (χ3v) is 3.98. The van der Waals surface area contributed by atoms with Gasteiger partial charge in [0.25, 0.3) is 0 Å². The Bertz CT molecular complexity index is 339. The van der Waals surface area contributed by atoms with Crippen molar-refractivity contribution in [2.45, 2.75) is 20.3 Å². The summed E-state index contributed by atoms with van der Waals surface area (Å²) in [5.41, 5.74) is 0.408. The van der Waals surface area contributed by atoms with Crippen LogP contribution in [0.1, 0.15) is 30.8 Å². The topological polar surface area (TPSA) is 42.0 Å². The third kappa shape index (κ3) is 1.72. The number of nitrogens with zero attached hydrogens (tertiary/aromatic N) is 1. The number of hydrogen-bond donors (Lipinski definition) is 1. The molecule has 2 rings (SSSR count). The molecule has 1 aliphatic heterocycles. The fourth-order valence-electron chi connectivity index (χ4n) is 2.24. The lowest BCUT2D eigenvalue weighted by Gasteiger charge is -2.30. The minimum Gasteiger partial charge on any atom is -0.316 e. The van der Waals surface area contributed by atoms with E-state index in [1.165, 1.54) is 11.5 Å². The van der Waals surface area contributed by atoms with Crippen molar-refractivity contribution < 1.29 is 4.79 Å². The van der Waals surface area contributed by atoms with Crippen LogP contribution < -0.4 is 5.32 Å². The lowest BCUT2D eigenvalue weighted by atomic mass is 9.72. The number of aromatic nitrogens is 1. The van der Waals surface area contributed by atoms with Crippen molar-refractivity contribution in [3.05, 3.63) is 17.1 Å². The molecule has 1 N–H and O–H groups in total. The number of carbonyl (C=O) groups excluding carboxylic acids is 1. The molecular formula is C11H16N2OS. The van der Waals surface area contributed by atoms with E-state index < -0.39 is 0 Å². The zero-order valence-electron chi connectivity index (χ0n) is 9.12. The van der Waals surface area contributed by atoms with Gasteiger partial charge < -0.3 is 5.32 Å². The maximum atomic E-state index is 12.4. The summed E-state index contributed by atoms with van der Waals surface area (Å²) in [6.45, 7) is 5.98. The first-order valence-corrected chi connectivity index (χ1v) is 6.16. The van der Waals surface area contributed by atoms with Gasteiger partial charge in [0, 0.05) is 11.9 Å². The molecule has 15 heavy (non-hydrogen) atoms. The van der Waals surface area contributed by atoms with Gasteiger partial charge in [-0.05, 0) is 36.5 Å². The van der Waals surface area contributed by atoms with Crippen LogP contribution >= 0.6 is 11.5 Å². The van der Waals surface area contributed by atoms with Crippen molar-refractivity contribution in [3.63, 3.8) is 0 Å².